The van der Waals surface area contributed by atoms with Gasteiger partial charge in [0, 0.05) is 35.5 Å². The van der Waals surface area contributed by atoms with Gasteiger partial charge >= 0.3 is 0 Å². The van der Waals surface area contributed by atoms with E-state index in [1.54, 1.807) is 0 Å². The molecule has 0 bridgehead atoms. The summed E-state index contributed by atoms with van der Waals surface area (Å²) in [5, 5.41) is 3.28. The van der Waals surface area contributed by atoms with Crippen LogP contribution in [0.15, 0.2) is 16.7 Å². The van der Waals surface area contributed by atoms with Crippen LogP contribution >= 0.6 is 15.9 Å². The number of aromatic nitrogens is 1. The molecular formula is C8H14BrN3. The van der Waals surface area contributed by atoms with Crippen molar-refractivity contribution in [3.63, 3.8) is 0 Å². The number of hydrogen-bond acceptors (Lipinski definition) is 2. The van der Waals surface area contributed by atoms with Crippen molar-refractivity contribution in [1.29, 1.82) is 0 Å². The van der Waals surface area contributed by atoms with Crippen molar-refractivity contribution in [2.45, 2.75) is 19.5 Å². The topological polar surface area (TPSA) is 53.8 Å². The summed E-state index contributed by atoms with van der Waals surface area (Å²) in [5.41, 5.74) is 6.63. The predicted molar refractivity (Wildman–Crippen MR) is 53.8 cm³/mol. The van der Waals surface area contributed by atoms with Crippen LogP contribution in [0.4, 0.5) is 0 Å². The van der Waals surface area contributed by atoms with E-state index in [-0.39, 0.29) is 0 Å². The van der Waals surface area contributed by atoms with Crippen molar-refractivity contribution in [2.24, 2.45) is 5.73 Å². The van der Waals surface area contributed by atoms with Crippen molar-refractivity contribution in [2.75, 3.05) is 6.54 Å². The Morgan fingerprint density at radius 1 is 1.75 bits per heavy atom. The standard InChI is InChI=1S/C8H14BrN3/c1-6(3-10)11-5-8-2-7(9)4-12-8/h2,4,6,11-12H,3,5,10H2,1H3. The van der Waals surface area contributed by atoms with Crippen LogP contribution in [0.3, 0.4) is 0 Å². The zero-order valence-electron chi connectivity index (χ0n) is 7.10. The second-order valence-corrected chi connectivity index (χ2v) is 3.78. The Hall–Kier alpha value is -0.320. The molecule has 3 nitrogen and oxygen atoms in total. The maximum Gasteiger partial charge on any atom is 0.0360 e. The minimum absolute atomic E-state index is 0.368. The Morgan fingerprint density at radius 3 is 3.00 bits per heavy atom. The van der Waals surface area contributed by atoms with E-state index in [4.69, 9.17) is 5.73 Å². The number of H-pyrrole nitrogens is 1. The van der Waals surface area contributed by atoms with Gasteiger partial charge in [-0.25, -0.2) is 0 Å². The molecule has 1 rings (SSSR count). The third-order valence-corrected chi connectivity index (χ3v) is 2.16. The van der Waals surface area contributed by atoms with Crippen LogP contribution in [-0.2, 0) is 6.54 Å². The molecular weight excluding hydrogens is 218 g/mol. The lowest BCUT2D eigenvalue weighted by atomic mass is 10.3. The first-order valence-electron chi connectivity index (χ1n) is 3.98. The quantitative estimate of drug-likeness (QED) is 0.730. The molecule has 12 heavy (non-hydrogen) atoms. The highest BCUT2D eigenvalue weighted by Gasteiger charge is 1.99. The highest BCUT2D eigenvalue weighted by Crippen LogP contribution is 2.10. The Labute approximate surface area is 80.9 Å². The lowest BCUT2D eigenvalue weighted by molar-refractivity contribution is 0.552. The molecule has 1 heterocycles. The third kappa shape index (κ3) is 2.97. The summed E-state index contributed by atoms with van der Waals surface area (Å²) in [6.45, 7) is 3.57. The number of halogens is 1. The Bertz CT molecular complexity index is 234. The van der Waals surface area contributed by atoms with Gasteiger partial charge in [-0.3, -0.25) is 0 Å². The van der Waals surface area contributed by atoms with Crippen LogP contribution in [0.2, 0.25) is 0 Å². The fourth-order valence-corrected chi connectivity index (χ4v) is 1.27. The van der Waals surface area contributed by atoms with E-state index < -0.39 is 0 Å². The molecule has 1 atom stereocenters. The lowest BCUT2D eigenvalue weighted by Crippen LogP contribution is -2.32. The zero-order chi connectivity index (χ0) is 8.97. The highest BCUT2D eigenvalue weighted by molar-refractivity contribution is 9.10. The van der Waals surface area contributed by atoms with E-state index in [0.29, 0.717) is 12.6 Å². The van der Waals surface area contributed by atoms with Crippen molar-refractivity contribution in [1.82, 2.24) is 10.3 Å². The normalized spacial score (nSPS) is 13.2. The molecule has 0 saturated heterocycles. The van der Waals surface area contributed by atoms with Gasteiger partial charge in [0.15, 0.2) is 0 Å². The van der Waals surface area contributed by atoms with Gasteiger partial charge in [-0.2, -0.15) is 0 Å². The Morgan fingerprint density at radius 2 is 2.50 bits per heavy atom. The van der Waals surface area contributed by atoms with Crippen LogP contribution in [0.25, 0.3) is 0 Å². The van der Waals surface area contributed by atoms with E-state index in [1.165, 1.54) is 5.69 Å². The second-order valence-electron chi connectivity index (χ2n) is 2.86. The summed E-state index contributed by atoms with van der Waals surface area (Å²) in [5.74, 6) is 0. The van der Waals surface area contributed by atoms with E-state index in [1.807, 2.05) is 6.20 Å². The molecule has 1 aromatic rings. The second kappa shape index (κ2) is 4.64. The number of aromatic amines is 1. The molecule has 4 heteroatoms. The molecule has 0 aromatic carbocycles. The predicted octanol–water partition coefficient (Wildman–Crippen LogP) is 1.21. The fourth-order valence-electron chi connectivity index (χ4n) is 0.881. The van der Waals surface area contributed by atoms with E-state index in [2.05, 4.69) is 39.2 Å². The van der Waals surface area contributed by atoms with Crippen molar-refractivity contribution < 1.29 is 0 Å². The van der Waals surface area contributed by atoms with Crippen molar-refractivity contribution >= 4 is 15.9 Å². The highest BCUT2D eigenvalue weighted by atomic mass is 79.9. The molecule has 0 fully saturated rings. The van der Waals surface area contributed by atoms with Crippen LogP contribution in [0.5, 0.6) is 0 Å². The molecule has 0 aliphatic rings. The number of hydrogen-bond donors (Lipinski definition) is 3. The Balaban J connectivity index is 2.33. The molecule has 0 saturated carbocycles. The number of rotatable bonds is 4. The van der Waals surface area contributed by atoms with Gasteiger partial charge in [0.2, 0.25) is 0 Å². The monoisotopic (exact) mass is 231 g/mol. The van der Waals surface area contributed by atoms with E-state index in [9.17, 15) is 0 Å². The summed E-state index contributed by atoms with van der Waals surface area (Å²) in [4.78, 5) is 3.13. The van der Waals surface area contributed by atoms with E-state index in [0.717, 1.165) is 11.0 Å². The van der Waals surface area contributed by atoms with Gasteiger partial charge in [0.05, 0.1) is 0 Å². The molecule has 68 valence electrons. The third-order valence-electron chi connectivity index (χ3n) is 1.70. The number of nitrogens with one attached hydrogen (secondary N) is 2. The van der Waals surface area contributed by atoms with Gasteiger partial charge in [-0.15, -0.1) is 0 Å². The van der Waals surface area contributed by atoms with Crippen LogP contribution in [0, 0.1) is 0 Å². The zero-order valence-corrected chi connectivity index (χ0v) is 8.69. The maximum atomic E-state index is 5.46. The fraction of sp³-hybridized carbons (Fsp3) is 0.500. The van der Waals surface area contributed by atoms with Crippen LogP contribution in [0.1, 0.15) is 12.6 Å². The van der Waals surface area contributed by atoms with Gasteiger partial charge in [0.1, 0.15) is 0 Å². The summed E-state index contributed by atoms with van der Waals surface area (Å²) in [7, 11) is 0. The smallest absolute Gasteiger partial charge is 0.0360 e. The molecule has 1 unspecified atom stereocenters. The number of nitrogens with two attached hydrogens (primary N) is 1. The minimum atomic E-state index is 0.368. The average molecular weight is 232 g/mol. The van der Waals surface area contributed by atoms with Crippen molar-refractivity contribution in [3.8, 4) is 0 Å². The minimum Gasteiger partial charge on any atom is -0.363 e. The Kier molecular flexibility index (Phi) is 3.78. The van der Waals surface area contributed by atoms with Gasteiger partial charge in [-0.1, -0.05) is 0 Å². The van der Waals surface area contributed by atoms with Gasteiger partial charge in [0.25, 0.3) is 0 Å². The van der Waals surface area contributed by atoms with E-state index >= 15 is 0 Å². The molecule has 0 radical (unpaired) electrons. The summed E-state index contributed by atoms with van der Waals surface area (Å²) in [6.07, 6.45) is 1.92. The first kappa shape index (κ1) is 9.77. The molecule has 0 amide bonds. The summed E-state index contributed by atoms with van der Waals surface area (Å²) >= 11 is 3.37. The summed E-state index contributed by atoms with van der Waals surface area (Å²) in [6, 6.07) is 2.42. The molecule has 4 N–H and O–H groups in total. The van der Waals surface area contributed by atoms with Crippen LogP contribution < -0.4 is 11.1 Å². The van der Waals surface area contributed by atoms with Gasteiger partial charge in [-0.05, 0) is 28.9 Å². The maximum absolute atomic E-state index is 5.46. The molecule has 0 aliphatic heterocycles. The first-order valence-corrected chi connectivity index (χ1v) is 4.78. The van der Waals surface area contributed by atoms with Crippen LogP contribution in [-0.4, -0.2) is 17.6 Å². The average Bonchev–Trinajstić information content (AvgIpc) is 2.47. The SMILES string of the molecule is CC(CN)NCc1cc(Br)c[nH]1. The lowest BCUT2D eigenvalue weighted by Gasteiger charge is -2.09. The first-order chi connectivity index (χ1) is 5.72. The molecule has 0 aliphatic carbocycles. The molecule has 0 spiro atoms. The van der Waals surface area contributed by atoms with Gasteiger partial charge < -0.3 is 16.0 Å². The summed E-state index contributed by atoms with van der Waals surface area (Å²) < 4.78 is 1.08. The van der Waals surface area contributed by atoms with Crippen molar-refractivity contribution in [3.05, 3.63) is 22.4 Å². The largest absolute Gasteiger partial charge is 0.363 e. The molecule has 1 aromatic heterocycles.